The molecule has 14 heteroatoms. The normalized spacial score (nSPS) is 20.7. The molecule has 5 atom stereocenters. The number of nitrogens with zero attached hydrogens (tertiary/aromatic N) is 4. The predicted octanol–water partition coefficient (Wildman–Crippen LogP) is 4.85. The molecule has 2 unspecified atom stereocenters. The fourth-order valence-electron chi connectivity index (χ4n) is 7.56. The highest BCUT2D eigenvalue weighted by Gasteiger charge is 2.40. The molecule has 6 rings (SSSR count). The van der Waals surface area contributed by atoms with E-state index in [1.165, 1.54) is 14.2 Å². The van der Waals surface area contributed by atoms with E-state index in [1.807, 2.05) is 38.8 Å². The lowest BCUT2D eigenvalue weighted by molar-refractivity contribution is -0.134. The molecule has 0 spiro atoms. The van der Waals surface area contributed by atoms with Gasteiger partial charge in [-0.3, -0.25) is 14.6 Å². The summed E-state index contributed by atoms with van der Waals surface area (Å²) in [6.07, 6.45) is 3.09. The molecule has 4 heterocycles. The zero-order valence-electron chi connectivity index (χ0n) is 31.9. The SMILES string of the molecule is COC(=O)N[C@H](C(=O)N1CCC(c2ncc(-c3ccc(-c4ccc(C5CN=C([C@@H]6CCCN6C(=O)[C@@H](NC(=O)OC)C(C)C)N5)cc4)cc3)[nH]2)C1)C(C)C. The van der Waals surface area contributed by atoms with Crippen LogP contribution in [0.1, 0.15) is 70.3 Å². The van der Waals surface area contributed by atoms with E-state index >= 15 is 0 Å². The lowest BCUT2D eigenvalue weighted by Crippen LogP contribution is -2.54. The van der Waals surface area contributed by atoms with Crippen LogP contribution in [-0.2, 0) is 19.1 Å². The van der Waals surface area contributed by atoms with Crippen LogP contribution in [-0.4, -0.2) is 108 Å². The number of hydrogen-bond acceptors (Lipinski definition) is 9. The summed E-state index contributed by atoms with van der Waals surface area (Å²) < 4.78 is 9.48. The molecule has 0 radical (unpaired) electrons. The van der Waals surface area contributed by atoms with Crippen molar-refractivity contribution in [2.45, 2.75) is 77.0 Å². The van der Waals surface area contributed by atoms with E-state index in [0.29, 0.717) is 26.2 Å². The van der Waals surface area contributed by atoms with Crippen LogP contribution in [0.4, 0.5) is 9.59 Å². The number of methoxy groups -OCH3 is 2. The van der Waals surface area contributed by atoms with Gasteiger partial charge in [0.25, 0.3) is 0 Å². The van der Waals surface area contributed by atoms with E-state index in [9.17, 15) is 19.2 Å². The molecule has 2 saturated heterocycles. The summed E-state index contributed by atoms with van der Waals surface area (Å²) in [7, 11) is 2.59. The summed E-state index contributed by atoms with van der Waals surface area (Å²) >= 11 is 0. The van der Waals surface area contributed by atoms with Gasteiger partial charge in [0, 0.05) is 25.6 Å². The average Bonchev–Trinajstić information content (AvgIpc) is 4.02. The molecule has 4 amide bonds. The van der Waals surface area contributed by atoms with Crippen molar-refractivity contribution in [3.05, 3.63) is 66.1 Å². The van der Waals surface area contributed by atoms with Gasteiger partial charge >= 0.3 is 12.2 Å². The monoisotopic (exact) mass is 740 g/mol. The summed E-state index contributed by atoms with van der Waals surface area (Å²) in [5.41, 5.74) is 5.23. The van der Waals surface area contributed by atoms with Gasteiger partial charge < -0.3 is 40.2 Å². The summed E-state index contributed by atoms with van der Waals surface area (Å²) in [6, 6.07) is 15.4. The van der Waals surface area contributed by atoms with Gasteiger partial charge in [-0.2, -0.15) is 0 Å². The summed E-state index contributed by atoms with van der Waals surface area (Å²) in [5, 5.41) is 8.96. The second-order valence-corrected chi connectivity index (χ2v) is 15.0. The number of amides is 4. The number of aliphatic imine (C=N–C) groups is 1. The summed E-state index contributed by atoms with van der Waals surface area (Å²) in [5.74, 6) is 1.35. The van der Waals surface area contributed by atoms with Gasteiger partial charge in [0.2, 0.25) is 11.8 Å². The molecular weight excluding hydrogens is 688 g/mol. The third kappa shape index (κ3) is 8.37. The highest BCUT2D eigenvalue weighted by atomic mass is 16.5. The van der Waals surface area contributed by atoms with Gasteiger partial charge in [-0.1, -0.05) is 76.2 Å². The smallest absolute Gasteiger partial charge is 0.407 e. The number of aromatic amines is 1. The maximum atomic E-state index is 13.5. The first kappa shape index (κ1) is 38.3. The van der Waals surface area contributed by atoms with Gasteiger partial charge in [-0.15, -0.1) is 0 Å². The highest BCUT2D eigenvalue weighted by molar-refractivity contribution is 5.95. The first-order valence-corrected chi connectivity index (χ1v) is 18.8. The van der Waals surface area contributed by atoms with Crippen LogP contribution >= 0.6 is 0 Å². The number of imidazole rings is 1. The van der Waals surface area contributed by atoms with Crippen molar-refractivity contribution < 1.29 is 28.7 Å². The molecule has 3 aromatic rings. The van der Waals surface area contributed by atoms with Crippen molar-refractivity contribution in [1.82, 2.24) is 35.7 Å². The Bertz CT molecular complexity index is 1840. The average molecular weight is 741 g/mol. The van der Waals surface area contributed by atoms with Crippen LogP contribution in [0.3, 0.4) is 0 Å². The Kier molecular flexibility index (Phi) is 11.9. The summed E-state index contributed by atoms with van der Waals surface area (Å²) in [4.78, 5) is 67.1. The number of carbonyl (C=O) groups excluding carboxylic acids is 4. The zero-order chi connectivity index (χ0) is 38.5. The van der Waals surface area contributed by atoms with Gasteiger partial charge in [0.15, 0.2) is 0 Å². The lowest BCUT2D eigenvalue weighted by Gasteiger charge is -2.31. The highest BCUT2D eigenvalue weighted by Crippen LogP contribution is 2.31. The van der Waals surface area contributed by atoms with Gasteiger partial charge in [-0.05, 0) is 53.4 Å². The molecule has 1 aromatic heterocycles. The molecule has 54 heavy (non-hydrogen) atoms. The van der Waals surface area contributed by atoms with Crippen molar-refractivity contribution in [3.63, 3.8) is 0 Å². The second kappa shape index (κ2) is 16.7. The van der Waals surface area contributed by atoms with Crippen molar-refractivity contribution >= 4 is 29.8 Å². The van der Waals surface area contributed by atoms with E-state index in [-0.39, 0.29) is 41.7 Å². The molecule has 0 bridgehead atoms. The first-order chi connectivity index (χ1) is 26.0. The fourth-order valence-corrected chi connectivity index (χ4v) is 7.56. The van der Waals surface area contributed by atoms with E-state index in [4.69, 9.17) is 14.5 Å². The minimum atomic E-state index is -0.667. The van der Waals surface area contributed by atoms with E-state index < -0.39 is 24.3 Å². The number of nitrogens with one attached hydrogen (secondary N) is 4. The van der Waals surface area contributed by atoms with Crippen LogP contribution in [0.15, 0.2) is 59.7 Å². The van der Waals surface area contributed by atoms with Crippen molar-refractivity contribution in [3.8, 4) is 22.4 Å². The lowest BCUT2D eigenvalue weighted by atomic mass is 9.99. The van der Waals surface area contributed by atoms with Crippen LogP contribution in [0, 0.1) is 11.8 Å². The molecule has 3 aliphatic heterocycles. The largest absolute Gasteiger partial charge is 0.453 e. The number of ether oxygens (including phenoxy) is 2. The standard InChI is InChI=1S/C40H52N8O6/c1-23(2)33(45-39(51)53-5)37(49)47-19-17-29(22-47)35-41-20-30(43-35)27-13-9-25(10-14-27)26-11-15-28(16-12-26)31-21-42-36(44-31)32-8-7-18-48(32)38(50)34(24(3)4)46-40(52)54-6/h9-16,20,23-24,29,31-34H,7-8,17-19,21-22H2,1-6H3,(H,41,43)(H,42,44)(H,45,51)(H,46,52)/t29?,31?,32-,33-,34-/m0/s1. The third-order valence-corrected chi connectivity index (χ3v) is 10.7. The van der Waals surface area contributed by atoms with Crippen molar-refractivity contribution in [2.75, 3.05) is 40.4 Å². The Morgan fingerprint density at radius 3 is 2.00 bits per heavy atom. The Morgan fingerprint density at radius 2 is 1.39 bits per heavy atom. The number of alkyl carbamates (subject to hydrolysis) is 2. The minimum absolute atomic E-state index is 0.0101. The van der Waals surface area contributed by atoms with Crippen LogP contribution < -0.4 is 16.0 Å². The minimum Gasteiger partial charge on any atom is -0.453 e. The van der Waals surface area contributed by atoms with Gasteiger partial charge in [0.05, 0.1) is 44.7 Å². The Balaban J connectivity index is 1.04. The quantitative estimate of drug-likeness (QED) is 0.216. The topological polar surface area (TPSA) is 170 Å². The summed E-state index contributed by atoms with van der Waals surface area (Å²) in [6.45, 7) is 9.96. The number of amidine groups is 1. The molecule has 3 aliphatic rings. The maximum absolute atomic E-state index is 13.5. The zero-order valence-corrected chi connectivity index (χ0v) is 31.9. The molecular formula is C40H52N8O6. The number of H-pyrrole nitrogens is 1. The van der Waals surface area contributed by atoms with Gasteiger partial charge in [0.1, 0.15) is 23.7 Å². The predicted molar refractivity (Wildman–Crippen MR) is 205 cm³/mol. The fraction of sp³-hybridized carbons (Fsp3) is 0.500. The van der Waals surface area contributed by atoms with Crippen molar-refractivity contribution in [2.24, 2.45) is 16.8 Å². The van der Waals surface area contributed by atoms with E-state index in [2.05, 4.69) is 74.4 Å². The number of carbonyl (C=O) groups is 4. The van der Waals surface area contributed by atoms with E-state index in [1.54, 1.807) is 4.90 Å². The van der Waals surface area contributed by atoms with Crippen LogP contribution in [0.25, 0.3) is 22.4 Å². The third-order valence-electron chi connectivity index (χ3n) is 10.7. The molecule has 2 fully saturated rings. The maximum Gasteiger partial charge on any atom is 0.407 e. The van der Waals surface area contributed by atoms with Crippen LogP contribution in [0.2, 0.25) is 0 Å². The molecule has 4 N–H and O–H groups in total. The van der Waals surface area contributed by atoms with E-state index in [0.717, 1.165) is 58.9 Å². The number of hydrogen-bond donors (Lipinski definition) is 4. The Morgan fingerprint density at radius 1 is 0.796 bits per heavy atom. The second-order valence-electron chi connectivity index (χ2n) is 15.0. The van der Waals surface area contributed by atoms with Crippen molar-refractivity contribution in [1.29, 1.82) is 0 Å². The Hall–Kier alpha value is -5.40. The molecule has 0 aliphatic carbocycles. The van der Waals surface area contributed by atoms with Gasteiger partial charge in [-0.25, -0.2) is 14.6 Å². The molecule has 14 nitrogen and oxygen atoms in total. The number of likely N-dealkylation sites (tertiary alicyclic amines) is 2. The first-order valence-electron chi connectivity index (χ1n) is 18.8. The number of aromatic nitrogens is 2. The molecule has 2 aromatic carbocycles. The molecule has 0 saturated carbocycles. The van der Waals surface area contributed by atoms with Crippen LogP contribution in [0.5, 0.6) is 0 Å². The number of benzene rings is 2. The Labute approximate surface area is 316 Å². The number of rotatable bonds is 11. The molecule has 288 valence electrons.